The second-order valence-corrected chi connectivity index (χ2v) is 11.0. The molecule has 1 aliphatic heterocycles. The summed E-state index contributed by atoms with van der Waals surface area (Å²) >= 11 is 0. The van der Waals surface area contributed by atoms with Gasteiger partial charge in [-0.1, -0.05) is 18.1 Å². The molecule has 1 fully saturated rings. The Morgan fingerprint density at radius 1 is 0.957 bits per heavy atom. The minimum absolute atomic E-state index is 0.000116. The molecular weight excluding hydrogens is 622 g/mol. The molecule has 1 amide bonds. The van der Waals surface area contributed by atoms with Crippen molar-refractivity contribution in [3.63, 3.8) is 0 Å². The van der Waals surface area contributed by atoms with Crippen LogP contribution in [0.1, 0.15) is 38.2 Å². The number of nitrogens with two attached hydrogens (primary N) is 1. The van der Waals surface area contributed by atoms with E-state index in [4.69, 9.17) is 11.1 Å². The summed E-state index contributed by atoms with van der Waals surface area (Å²) in [5.41, 5.74) is 5.61. The minimum atomic E-state index is -4.60. The Kier molecular flexibility index (Phi) is 10.9. The molecule has 1 saturated heterocycles. The van der Waals surface area contributed by atoms with Crippen molar-refractivity contribution in [1.29, 1.82) is 5.41 Å². The van der Waals surface area contributed by atoms with E-state index in [0.717, 1.165) is 31.3 Å². The van der Waals surface area contributed by atoms with Gasteiger partial charge in [-0.05, 0) is 91.7 Å². The minimum Gasteiger partial charge on any atom is -0.384 e. The van der Waals surface area contributed by atoms with Crippen LogP contribution in [0.5, 0.6) is 0 Å². The van der Waals surface area contributed by atoms with E-state index in [1.807, 2.05) is 11.9 Å². The number of carbonyl (C=O) groups excluding carboxylic acids is 1. The summed E-state index contributed by atoms with van der Waals surface area (Å²) in [4.78, 5) is 21.1. The zero-order valence-electron chi connectivity index (χ0n) is 25.6. The number of hydrogen-bond acceptors (Lipinski definition) is 5. The summed E-state index contributed by atoms with van der Waals surface area (Å²) in [5.74, 6) is 4.71. The molecule has 4 N–H and O–H groups in total. The van der Waals surface area contributed by atoms with Gasteiger partial charge in [-0.3, -0.25) is 15.1 Å². The highest BCUT2D eigenvalue weighted by molar-refractivity contribution is 6.10. The average molecular weight is 655 g/mol. The number of halogens is 6. The van der Waals surface area contributed by atoms with Crippen molar-refractivity contribution in [2.45, 2.75) is 25.8 Å². The normalized spacial score (nSPS) is 14.9. The molecule has 1 aliphatic rings. The van der Waals surface area contributed by atoms with Crippen molar-refractivity contribution in [1.82, 2.24) is 9.80 Å². The third-order valence-electron chi connectivity index (χ3n) is 7.37. The molecule has 4 rings (SSSR count). The molecule has 3 aromatic rings. The van der Waals surface area contributed by atoms with Gasteiger partial charge in [0.25, 0.3) is 5.91 Å². The number of amidine groups is 1. The van der Waals surface area contributed by atoms with Crippen LogP contribution in [0.2, 0.25) is 0 Å². The van der Waals surface area contributed by atoms with Crippen LogP contribution in [0.15, 0.2) is 77.8 Å². The van der Waals surface area contributed by atoms with Crippen molar-refractivity contribution in [3.05, 3.63) is 106 Å². The van der Waals surface area contributed by atoms with Crippen LogP contribution in [0, 0.1) is 24.2 Å². The van der Waals surface area contributed by atoms with Crippen LogP contribution in [0.4, 0.5) is 37.7 Å². The van der Waals surface area contributed by atoms with Crippen molar-refractivity contribution in [2.75, 3.05) is 38.5 Å². The van der Waals surface area contributed by atoms with E-state index in [1.54, 1.807) is 13.0 Å². The van der Waals surface area contributed by atoms with Crippen molar-refractivity contribution in [3.8, 4) is 11.8 Å². The second-order valence-electron chi connectivity index (χ2n) is 11.0. The maximum atomic E-state index is 14.0. The van der Waals surface area contributed by atoms with Crippen molar-refractivity contribution < 1.29 is 31.1 Å². The number of likely N-dealkylation sites (N-methyl/N-ethyl adjacent to an activating group) is 1. The van der Waals surface area contributed by atoms with E-state index in [0.29, 0.717) is 24.2 Å². The van der Waals surface area contributed by atoms with Crippen LogP contribution >= 0.6 is 0 Å². The molecule has 3 aromatic carbocycles. The average Bonchev–Trinajstić information content (AvgIpc) is 3.00. The summed E-state index contributed by atoms with van der Waals surface area (Å²) < 4.78 is 80.1. The molecule has 0 radical (unpaired) electrons. The van der Waals surface area contributed by atoms with E-state index in [1.165, 1.54) is 48.6 Å². The first kappa shape index (κ1) is 34.9. The van der Waals surface area contributed by atoms with Gasteiger partial charge in [-0.2, -0.15) is 26.3 Å². The first-order valence-electron chi connectivity index (χ1n) is 14.4. The molecule has 47 heavy (non-hydrogen) atoms. The number of anilines is 1. The Balaban J connectivity index is 1.43. The molecule has 0 atom stereocenters. The molecule has 246 valence electrons. The number of hydrogen-bond donors (Lipinski definition) is 3. The van der Waals surface area contributed by atoms with E-state index < -0.39 is 29.4 Å². The number of aryl methyl sites for hydroxylation is 1. The SMILES string of the molecule is Cc1ccc(C(=O)Nc2ccc(CN3CCN(C)CC3)c(C(F)(F)F)c2)cc1C#CC(=N)/C=C\C(N)=Nc1ccc(C(F)(F)F)cc1. The maximum absolute atomic E-state index is 14.0. The standard InChI is InChI=1S/C34H32F6N6O/c1-22-3-4-24(19-23(22)5-9-27(41)10-14-31(42)43-28-12-7-26(8-13-28)33(35,36)37)32(47)44-29-11-6-25(30(20-29)34(38,39)40)21-46-17-15-45(2)16-18-46/h3-4,6-8,10-14,19-20,41H,15-18,21H2,1-2H3,(H2,42,43)(H,44,47)/b14-10-,41-27?. The van der Waals surface area contributed by atoms with E-state index >= 15 is 0 Å². The number of alkyl halides is 6. The first-order valence-corrected chi connectivity index (χ1v) is 14.4. The summed E-state index contributed by atoms with van der Waals surface area (Å²) in [7, 11) is 1.97. The quantitative estimate of drug-likeness (QED) is 0.115. The molecule has 0 bridgehead atoms. The topological polar surface area (TPSA) is 97.8 Å². The number of carbonyl (C=O) groups is 1. The molecule has 0 unspecified atom stereocenters. The molecule has 0 spiro atoms. The van der Waals surface area contributed by atoms with Gasteiger partial charge < -0.3 is 16.0 Å². The summed E-state index contributed by atoms with van der Waals surface area (Å²) in [6, 6.07) is 12.5. The smallest absolute Gasteiger partial charge is 0.384 e. The lowest BCUT2D eigenvalue weighted by Crippen LogP contribution is -2.44. The van der Waals surface area contributed by atoms with E-state index in [-0.39, 0.29) is 40.6 Å². The molecular formula is C34H32F6N6O. The lowest BCUT2D eigenvalue weighted by Gasteiger charge is -2.33. The van der Waals surface area contributed by atoms with Crippen LogP contribution < -0.4 is 11.1 Å². The molecule has 0 aromatic heterocycles. The van der Waals surface area contributed by atoms with Gasteiger partial charge >= 0.3 is 12.4 Å². The molecule has 0 saturated carbocycles. The van der Waals surface area contributed by atoms with Gasteiger partial charge in [0.05, 0.1) is 16.8 Å². The molecule has 0 aliphatic carbocycles. The number of piperazine rings is 1. The lowest BCUT2D eigenvalue weighted by atomic mass is 10.0. The number of rotatable bonds is 7. The Morgan fingerprint density at radius 3 is 2.28 bits per heavy atom. The molecule has 7 nitrogen and oxygen atoms in total. The van der Waals surface area contributed by atoms with Crippen LogP contribution in [-0.2, 0) is 18.9 Å². The Labute approximate surface area is 268 Å². The number of benzene rings is 3. The second kappa shape index (κ2) is 14.7. The Morgan fingerprint density at radius 2 is 1.64 bits per heavy atom. The lowest BCUT2D eigenvalue weighted by molar-refractivity contribution is -0.139. The van der Waals surface area contributed by atoms with Gasteiger partial charge in [0.1, 0.15) is 11.5 Å². The fourth-order valence-corrected chi connectivity index (χ4v) is 4.66. The summed E-state index contributed by atoms with van der Waals surface area (Å²) in [5, 5.41) is 10.6. The fourth-order valence-electron chi connectivity index (χ4n) is 4.66. The number of amides is 1. The van der Waals surface area contributed by atoms with Crippen molar-refractivity contribution >= 4 is 28.8 Å². The number of aliphatic imine (C=N–C) groups is 1. The largest absolute Gasteiger partial charge is 0.416 e. The van der Waals surface area contributed by atoms with Gasteiger partial charge in [0, 0.05) is 49.5 Å². The monoisotopic (exact) mass is 654 g/mol. The van der Waals surface area contributed by atoms with E-state index in [9.17, 15) is 31.1 Å². The van der Waals surface area contributed by atoms with E-state index in [2.05, 4.69) is 27.0 Å². The third-order valence-corrected chi connectivity index (χ3v) is 7.37. The zero-order valence-corrected chi connectivity index (χ0v) is 25.6. The fraction of sp³-hybridized carbons (Fsp3) is 0.265. The highest BCUT2D eigenvalue weighted by Crippen LogP contribution is 2.35. The maximum Gasteiger partial charge on any atom is 0.416 e. The molecule has 13 heteroatoms. The predicted octanol–water partition coefficient (Wildman–Crippen LogP) is 6.65. The Hall–Kier alpha value is -4.93. The van der Waals surface area contributed by atoms with Gasteiger partial charge in [-0.25, -0.2) is 4.99 Å². The molecule has 1 heterocycles. The number of nitrogens with zero attached hydrogens (tertiary/aromatic N) is 3. The van der Waals surface area contributed by atoms with Crippen molar-refractivity contribution in [2.24, 2.45) is 10.7 Å². The first-order chi connectivity index (χ1) is 22.1. The predicted molar refractivity (Wildman–Crippen MR) is 170 cm³/mol. The van der Waals surface area contributed by atoms with Crippen LogP contribution in [0.3, 0.4) is 0 Å². The van der Waals surface area contributed by atoms with Gasteiger partial charge in [-0.15, -0.1) is 0 Å². The number of nitrogens with one attached hydrogen (secondary N) is 2. The third kappa shape index (κ3) is 10.0. The summed E-state index contributed by atoms with van der Waals surface area (Å²) in [6.07, 6.45) is -6.54. The number of allylic oxidation sites excluding steroid dienone is 1. The Bertz CT molecular complexity index is 1740. The van der Waals surface area contributed by atoms with Crippen LogP contribution in [0.25, 0.3) is 0 Å². The highest BCUT2D eigenvalue weighted by Gasteiger charge is 2.34. The zero-order chi connectivity index (χ0) is 34.4. The van der Waals surface area contributed by atoms with Crippen LogP contribution in [-0.4, -0.2) is 60.5 Å². The highest BCUT2D eigenvalue weighted by atomic mass is 19.4. The van der Waals surface area contributed by atoms with Gasteiger partial charge in [0.15, 0.2) is 0 Å². The summed E-state index contributed by atoms with van der Waals surface area (Å²) in [6.45, 7) is 4.76. The van der Waals surface area contributed by atoms with Gasteiger partial charge in [0.2, 0.25) is 0 Å².